The van der Waals surface area contributed by atoms with Gasteiger partial charge in [-0.3, -0.25) is 4.99 Å². The summed E-state index contributed by atoms with van der Waals surface area (Å²) >= 11 is 0. The molecule has 2 rings (SSSR count). The quantitative estimate of drug-likeness (QED) is 0.635. The molecule has 4 heteroatoms. The lowest BCUT2D eigenvalue weighted by atomic mass is 10.2. The Balaban J connectivity index is 1.81. The molecule has 0 amide bonds. The molecule has 2 N–H and O–H groups in total. The lowest BCUT2D eigenvalue weighted by Gasteiger charge is -2.13. The minimum Gasteiger partial charge on any atom is -0.491 e. The first-order valence-electron chi connectivity index (χ1n) is 7.91. The molecule has 2 aromatic rings. The predicted molar refractivity (Wildman–Crippen MR) is 95.7 cm³/mol. The van der Waals surface area contributed by atoms with Crippen molar-refractivity contribution >= 4 is 5.96 Å². The van der Waals surface area contributed by atoms with Gasteiger partial charge in [-0.05, 0) is 37.1 Å². The summed E-state index contributed by atoms with van der Waals surface area (Å²) in [6.45, 7) is 5.52. The van der Waals surface area contributed by atoms with Gasteiger partial charge in [-0.2, -0.15) is 0 Å². The molecule has 4 nitrogen and oxygen atoms in total. The molecule has 0 radical (unpaired) electrons. The molecule has 0 aliphatic carbocycles. The summed E-state index contributed by atoms with van der Waals surface area (Å²) in [5.74, 6) is 1.69. The summed E-state index contributed by atoms with van der Waals surface area (Å²) in [7, 11) is 1.78. The molecular weight excluding hydrogens is 286 g/mol. The van der Waals surface area contributed by atoms with Gasteiger partial charge >= 0.3 is 0 Å². The fourth-order valence-electron chi connectivity index (χ4n) is 2.15. The fraction of sp³-hybridized carbons (Fsp3) is 0.316. The zero-order valence-corrected chi connectivity index (χ0v) is 14.0. The van der Waals surface area contributed by atoms with Gasteiger partial charge in [0.1, 0.15) is 5.75 Å². The van der Waals surface area contributed by atoms with Crippen molar-refractivity contribution in [2.24, 2.45) is 4.99 Å². The van der Waals surface area contributed by atoms with E-state index in [-0.39, 0.29) is 6.10 Å². The van der Waals surface area contributed by atoms with E-state index in [1.807, 2.05) is 44.2 Å². The van der Waals surface area contributed by atoms with Gasteiger partial charge in [0.25, 0.3) is 0 Å². The molecule has 0 spiro atoms. The van der Waals surface area contributed by atoms with E-state index in [0.29, 0.717) is 0 Å². The second kappa shape index (κ2) is 8.83. The Morgan fingerprint density at radius 3 is 2.00 bits per heavy atom. The van der Waals surface area contributed by atoms with Crippen LogP contribution in [0.15, 0.2) is 59.6 Å². The Kier molecular flexibility index (Phi) is 6.48. The van der Waals surface area contributed by atoms with Gasteiger partial charge in [0.15, 0.2) is 5.96 Å². The van der Waals surface area contributed by atoms with Crippen molar-refractivity contribution in [3.8, 4) is 5.75 Å². The number of hydrogen-bond donors (Lipinski definition) is 2. The molecule has 0 unspecified atom stereocenters. The van der Waals surface area contributed by atoms with Crippen molar-refractivity contribution in [1.82, 2.24) is 10.6 Å². The number of nitrogens with one attached hydrogen (secondary N) is 2. The Hall–Kier alpha value is -2.49. The van der Waals surface area contributed by atoms with Crippen LogP contribution in [0.4, 0.5) is 0 Å². The van der Waals surface area contributed by atoms with Crippen molar-refractivity contribution in [1.29, 1.82) is 0 Å². The first kappa shape index (κ1) is 16.9. The second-order valence-electron chi connectivity index (χ2n) is 5.58. The van der Waals surface area contributed by atoms with E-state index in [4.69, 9.17) is 4.74 Å². The maximum Gasteiger partial charge on any atom is 0.191 e. The minimum absolute atomic E-state index is 0.194. The van der Waals surface area contributed by atoms with E-state index in [9.17, 15) is 0 Å². The third kappa shape index (κ3) is 6.02. The summed E-state index contributed by atoms with van der Waals surface area (Å²) in [6, 6.07) is 18.4. The Bertz CT molecular complexity index is 606. The molecule has 0 fully saturated rings. The third-order valence-corrected chi connectivity index (χ3v) is 3.28. The maximum atomic E-state index is 5.65. The molecule has 0 atom stereocenters. The fourth-order valence-corrected chi connectivity index (χ4v) is 2.15. The smallest absolute Gasteiger partial charge is 0.191 e. The predicted octanol–water partition coefficient (Wildman–Crippen LogP) is 3.34. The van der Waals surface area contributed by atoms with Crippen molar-refractivity contribution in [3.05, 3.63) is 65.7 Å². The minimum atomic E-state index is 0.194. The first-order chi connectivity index (χ1) is 11.2. The van der Waals surface area contributed by atoms with Gasteiger partial charge in [-0.1, -0.05) is 42.5 Å². The number of aliphatic imine (C=N–C) groups is 1. The highest BCUT2D eigenvalue weighted by molar-refractivity contribution is 5.79. The molecule has 0 bridgehead atoms. The van der Waals surface area contributed by atoms with Crippen molar-refractivity contribution in [3.63, 3.8) is 0 Å². The second-order valence-corrected chi connectivity index (χ2v) is 5.58. The van der Waals surface area contributed by atoms with Crippen LogP contribution < -0.4 is 15.4 Å². The molecule has 122 valence electrons. The normalized spacial score (nSPS) is 11.4. The topological polar surface area (TPSA) is 45.7 Å². The number of hydrogen-bond acceptors (Lipinski definition) is 2. The summed E-state index contributed by atoms with van der Waals surface area (Å²) < 4.78 is 5.65. The Labute approximate surface area is 138 Å². The summed E-state index contributed by atoms with van der Waals surface area (Å²) in [6.07, 6.45) is 0.194. The molecule has 0 aliphatic rings. The highest BCUT2D eigenvalue weighted by Crippen LogP contribution is 2.13. The number of ether oxygens (including phenoxy) is 1. The number of nitrogens with zero attached hydrogens (tertiary/aromatic N) is 1. The lowest BCUT2D eigenvalue weighted by molar-refractivity contribution is 0.242. The molecule has 23 heavy (non-hydrogen) atoms. The van der Waals surface area contributed by atoms with Gasteiger partial charge in [0.05, 0.1) is 6.10 Å². The zero-order chi connectivity index (χ0) is 16.5. The van der Waals surface area contributed by atoms with Crippen molar-refractivity contribution < 1.29 is 4.74 Å². The third-order valence-electron chi connectivity index (χ3n) is 3.28. The average Bonchev–Trinajstić information content (AvgIpc) is 2.57. The van der Waals surface area contributed by atoms with Crippen LogP contribution in [0.2, 0.25) is 0 Å². The van der Waals surface area contributed by atoms with Crippen molar-refractivity contribution in [2.45, 2.75) is 33.0 Å². The molecule has 0 heterocycles. The van der Waals surface area contributed by atoms with Crippen LogP contribution in [-0.2, 0) is 13.1 Å². The zero-order valence-electron chi connectivity index (χ0n) is 14.0. The van der Waals surface area contributed by atoms with Crippen LogP contribution in [0.1, 0.15) is 25.0 Å². The van der Waals surface area contributed by atoms with Gasteiger partial charge in [-0.15, -0.1) is 0 Å². The van der Waals surface area contributed by atoms with E-state index in [0.717, 1.165) is 24.8 Å². The lowest BCUT2D eigenvalue weighted by Crippen LogP contribution is -2.36. The first-order valence-corrected chi connectivity index (χ1v) is 7.91. The standard InChI is InChI=1S/C19H25N3O/c1-15(2)23-18-11-9-17(10-12-18)14-22-19(20-3)21-13-16-7-5-4-6-8-16/h4-12,15H,13-14H2,1-3H3,(H2,20,21,22). The summed E-state index contributed by atoms with van der Waals surface area (Å²) in [5, 5.41) is 6.62. The summed E-state index contributed by atoms with van der Waals surface area (Å²) in [4.78, 5) is 4.24. The molecule has 0 saturated carbocycles. The average molecular weight is 311 g/mol. The van der Waals surface area contributed by atoms with E-state index in [1.54, 1.807) is 7.05 Å². The highest BCUT2D eigenvalue weighted by Gasteiger charge is 2.01. The molecule has 0 aliphatic heterocycles. The molecular formula is C19H25N3O. The van der Waals surface area contributed by atoms with Crippen molar-refractivity contribution in [2.75, 3.05) is 7.05 Å². The van der Waals surface area contributed by atoms with Gasteiger partial charge in [0.2, 0.25) is 0 Å². The Morgan fingerprint density at radius 1 is 0.913 bits per heavy atom. The van der Waals surface area contributed by atoms with E-state index in [2.05, 4.69) is 39.9 Å². The molecule has 2 aromatic carbocycles. The molecule has 0 aromatic heterocycles. The number of rotatable bonds is 6. The monoisotopic (exact) mass is 311 g/mol. The van der Waals surface area contributed by atoms with Gasteiger partial charge in [-0.25, -0.2) is 0 Å². The van der Waals surface area contributed by atoms with Crippen LogP contribution in [0.3, 0.4) is 0 Å². The summed E-state index contributed by atoms with van der Waals surface area (Å²) in [5.41, 5.74) is 2.41. The van der Waals surface area contributed by atoms with Crippen LogP contribution in [0.25, 0.3) is 0 Å². The van der Waals surface area contributed by atoms with E-state index in [1.165, 1.54) is 11.1 Å². The van der Waals surface area contributed by atoms with E-state index >= 15 is 0 Å². The van der Waals surface area contributed by atoms with Crippen LogP contribution in [0.5, 0.6) is 5.75 Å². The van der Waals surface area contributed by atoms with Crippen LogP contribution in [0, 0.1) is 0 Å². The maximum absolute atomic E-state index is 5.65. The molecule has 0 saturated heterocycles. The largest absolute Gasteiger partial charge is 0.491 e. The van der Waals surface area contributed by atoms with E-state index < -0.39 is 0 Å². The Morgan fingerprint density at radius 2 is 1.48 bits per heavy atom. The van der Waals surface area contributed by atoms with Crippen LogP contribution >= 0.6 is 0 Å². The van der Waals surface area contributed by atoms with Crippen LogP contribution in [-0.4, -0.2) is 19.1 Å². The number of benzene rings is 2. The van der Waals surface area contributed by atoms with Gasteiger partial charge < -0.3 is 15.4 Å². The highest BCUT2D eigenvalue weighted by atomic mass is 16.5. The van der Waals surface area contributed by atoms with Gasteiger partial charge in [0, 0.05) is 20.1 Å². The SMILES string of the molecule is CN=C(NCc1ccccc1)NCc1ccc(OC(C)C)cc1. The number of guanidine groups is 1.